The monoisotopic (exact) mass is 407 g/mol. The SMILES string of the molecule is CN1CCN(Nc2ncnc(Nc3ccccc3Br)c2[N+](=O)[O-])CC1. The highest BCUT2D eigenvalue weighted by atomic mass is 79.9. The lowest BCUT2D eigenvalue weighted by molar-refractivity contribution is -0.383. The van der Waals surface area contributed by atoms with Gasteiger partial charge in [-0.2, -0.15) is 0 Å². The first-order valence-electron chi connectivity index (χ1n) is 7.75. The maximum absolute atomic E-state index is 11.6. The zero-order valence-electron chi connectivity index (χ0n) is 13.6. The van der Waals surface area contributed by atoms with Crippen LogP contribution in [0.15, 0.2) is 35.1 Å². The number of hydrazine groups is 1. The fraction of sp³-hybridized carbons (Fsp3) is 0.333. The number of benzene rings is 1. The molecule has 0 atom stereocenters. The molecule has 9 nitrogen and oxygen atoms in total. The van der Waals surface area contributed by atoms with Crippen molar-refractivity contribution in [2.24, 2.45) is 0 Å². The van der Waals surface area contributed by atoms with Crippen LogP contribution in [0, 0.1) is 10.1 Å². The number of nitrogens with zero attached hydrogens (tertiary/aromatic N) is 5. The van der Waals surface area contributed by atoms with Crippen LogP contribution in [0.25, 0.3) is 0 Å². The Morgan fingerprint density at radius 2 is 1.84 bits per heavy atom. The summed E-state index contributed by atoms with van der Waals surface area (Å²) in [5.74, 6) is 0.322. The molecule has 132 valence electrons. The minimum Gasteiger partial charge on any atom is -0.333 e. The van der Waals surface area contributed by atoms with Crippen LogP contribution in [0.5, 0.6) is 0 Å². The van der Waals surface area contributed by atoms with E-state index >= 15 is 0 Å². The highest BCUT2D eigenvalue weighted by molar-refractivity contribution is 9.10. The van der Waals surface area contributed by atoms with Crippen LogP contribution in [-0.4, -0.2) is 58.0 Å². The number of rotatable bonds is 5. The Balaban J connectivity index is 1.87. The van der Waals surface area contributed by atoms with Crippen molar-refractivity contribution in [3.63, 3.8) is 0 Å². The summed E-state index contributed by atoms with van der Waals surface area (Å²) >= 11 is 3.41. The van der Waals surface area contributed by atoms with Crippen molar-refractivity contribution in [3.05, 3.63) is 45.2 Å². The van der Waals surface area contributed by atoms with Gasteiger partial charge in [0.1, 0.15) is 6.33 Å². The van der Waals surface area contributed by atoms with E-state index in [1.807, 2.05) is 36.3 Å². The second kappa shape index (κ2) is 7.72. The molecule has 0 bridgehead atoms. The number of hydrogen-bond acceptors (Lipinski definition) is 8. The molecular weight excluding hydrogens is 390 g/mol. The Labute approximate surface area is 153 Å². The summed E-state index contributed by atoms with van der Waals surface area (Å²) in [6.07, 6.45) is 1.31. The average Bonchev–Trinajstić information content (AvgIpc) is 2.59. The molecule has 3 rings (SSSR count). The van der Waals surface area contributed by atoms with Crippen molar-refractivity contribution in [2.45, 2.75) is 0 Å². The normalized spacial score (nSPS) is 15.8. The third kappa shape index (κ3) is 4.21. The predicted octanol–water partition coefficient (Wildman–Crippen LogP) is 2.47. The molecule has 1 saturated heterocycles. The van der Waals surface area contributed by atoms with E-state index in [9.17, 15) is 10.1 Å². The van der Waals surface area contributed by atoms with Crippen molar-refractivity contribution in [3.8, 4) is 0 Å². The van der Waals surface area contributed by atoms with Gasteiger partial charge in [0.25, 0.3) is 0 Å². The van der Waals surface area contributed by atoms with Crippen LogP contribution >= 0.6 is 15.9 Å². The van der Waals surface area contributed by atoms with E-state index in [4.69, 9.17) is 0 Å². The molecule has 1 fully saturated rings. The lowest BCUT2D eigenvalue weighted by Gasteiger charge is -2.32. The largest absolute Gasteiger partial charge is 0.354 e. The highest BCUT2D eigenvalue weighted by Gasteiger charge is 2.25. The third-order valence-electron chi connectivity index (χ3n) is 3.90. The fourth-order valence-corrected chi connectivity index (χ4v) is 2.87. The molecule has 2 aromatic rings. The van der Waals surface area contributed by atoms with Crippen LogP contribution in [-0.2, 0) is 0 Å². The van der Waals surface area contributed by atoms with Gasteiger partial charge < -0.3 is 10.2 Å². The van der Waals surface area contributed by atoms with Crippen LogP contribution in [0.3, 0.4) is 0 Å². The van der Waals surface area contributed by atoms with Gasteiger partial charge in [0.05, 0.1) is 10.6 Å². The number of aromatic nitrogens is 2. The van der Waals surface area contributed by atoms with Crippen molar-refractivity contribution >= 4 is 38.9 Å². The number of nitrogens with one attached hydrogen (secondary N) is 2. The summed E-state index contributed by atoms with van der Waals surface area (Å²) in [6, 6.07) is 7.36. The standard InChI is InChI=1S/C15H18BrN7O2/c1-21-6-8-22(9-7-21)20-15-13(23(24)25)14(17-10-18-15)19-12-5-3-2-4-11(12)16/h2-5,10H,6-9H2,1H3,(H2,17,18,19,20). The van der Waals surface area contributed by atoms with Gasteiger partial charge in [0.2, 0.25) is 11.6 Å². The van der Waals surface area contributed by atoms with E-state index in [0.717, 1.165) is 30.7 Å². The molecule has 0 saturated carbocycles. The Bertz CT molecular complexity index is 765. The summed E-state index contributed by atoms with van der Waals surface area (Å²) in [5, 5.41) is 16.5. The van der Waals surface area contributed by atoms with Gasteiger partial charge in [-0.25, -0.2) is 15.0 Å². The molecule has 25 heavy (non-hydrogen) atoms. The number of piperazine rings is 1. The molecule has 0 amide bonds. The summed E-state index contributed by atoms with van der Waals surface area (Å²) in [7, 11) is 2.05. The predicted molar refractivity (Wildman–Crippen MR) is 98.8 cm³/mol. The second-order valence-corrected chi connectivity index (χ2v) is 6.54. The van der Waals surface area contributed by atoms with Crippen molar-refractivity contribution in [2.75, 3.05) is 44.0 Å². The van der Waals surface area contributed by atoms with Crippen LogP contribution in [0.1, 0.15) is 0 Å². The molecule has 0 radical (unpaired) electrons. The number of hydrogen-bond donors (Lipinski definition) is 2. The Morgan fingerprint density at radius 1 is 1.16 bits per heavy atom. The Kier molecular flexibility index (Phi) is 5.41. The summed E-state index contributed by atoms with van der Waals surface area (Å²) in [6.45, 7) is 3.28. The summed E-state index contributed by atoms with van der Waals surface area (Å²) in [5.41, 5.74) is 3.56. The third-order valence-corrected chi connectivity index (χ3v) is 4.59. The van der Waals surface area contributed by atoms with Gasteiger partial charge in [-0.1, -0.05) is 12.1 Å². The maximum atomic E-state index is 11.6. The van der Waals surface area contributed by atoms with Gasteiger partial charge in [-0.15, -0.1) is 0 Å². The topological polar surface area (TPSA) is 99.5 Å². The van der Waals surface area contributed by atoms with Gasteiger partial charge in [0.15, 0.2) is 0 Å². The molecule has 1 aliphatic heterocycles. The first kappa shape index (κ1) is 17.5. The fourth-order valence-electron chi connectivity index (χ4n) is 2.48. The van der Waals surface area contributed by atoms with Crippen molar-refractivity contribution in [1.82, 2.24) is 19.9 Å². The minimum absolute atomic E-state index is 0.142. The summed E-state index contributed by atoms with van der Waals surface area (Å²) < 4.78 is 0.788. The first-order valence-corrected chi connectivity index (χ1v) is 8.55. The molecule has 0 unspecified atom stereocenters. The molecule has 0 spiro atoms. The highest BCUT2D eigenvalue weighted by Crippen LogP contribution is 2.33. The zero-order valence-corrected chi connectivity index (χ0v) is 15.2. The minimum atomic E-state index is -0.475. The maximum Gasteiger partial charge on any atom is 0.354 e. The van der Waals surface area contributed by atoms with E-state index in [2.05, 4.69) is 41.5 Å². The zero-order chi connectivity index (χ0) is 17.8. The van der Waals surface area contributed by atoms with Gasteiger partial charge >= 0.3 is 5.69 Å². The lowest BCUT2D eigenvalue weighted by atomic mass is 10.3. The number of anilines is 3. The van der Waals surface area contributed by atoms with E-state index in [0.29, 0.717) is 5.69 Å². The molecule has 10 heteroatoms. The number of nitro groups is 1. The number of halogens is 1. The number of likely N-dealkylation sites (N-methyl/N-ethyl adjacent to an activating group) is 1. The molecule has 0 aliphatic carbocycles. The number of para-hydroxylation sites is 1. The molecule has 1 aliphatic rings. The molecule has 2 N–H and O–H groups in total. The second-order valence-electron chi connectivity index (χ2n) is 5.68. The van der Waals surface area contributed by atoms with Gasteiger partial charge in [0, 0.05) is 30.7 Å². The van der Waals surface area contributed by atoms with Gasteiger partial charge in [-0.3, -0.25) is 15.5 Å². The van der Waals surface area contributed by atoms with E-state index < -0.39 is 4.92 Å². The van der Waals surface area contributed by atoms with E-state index in [1.165, 1.54) is 6.33 Å². The molecular formula is C15H18BrN7O2. The van der Waals surface area contributed by atoms with E-state index in [1.54, 1.807) is 0 Å². The lowest BCUT2D eigenvalue weighted by Crippen LogP contribution is -2.47. The van der Waals surface area contributed by atoms with Gasteiger partial charge in [-0.05, 0) is 35.1 Å². The van der Waals surface area contributed by atoms with Crippen molar-refractivity contribution < 1.29 is 4.92 Å². The molecule has 1 aromatic carbocycles. The van der Waals surface area contributed by atoms with Crippen LogP contribution in [0.4, 0.5) is 23.0 Å². The Hall–Kier alpha value is -2.30. The van der Waals surface area contributed by atoms with Crippen molar-refractivity contribution in [1.29, 1.82) is 0 Å². The molecule has 2 heterocycles. The van der Waals surface area contributed by atoms with E-state index in [-0.39, 0.29) is 17.3 Å². The smallest absolute Gasteiger partial charge is 0.333 e. The molecule has 1 aromatic heterocycles. The van der Waals surface area contributed by atoms with Crippen LogP contribution < -0.4 is 10.7 Å². The average molecular weight is 408 g/mol. The summed E-state index contributed by atoms with van der Waals surface area (Å²) in [4.78, 5) is 21.5. The quantitative estimate of drug-likeness (QED) is 0.575. The Morgan fingerprint density at radius 3 is 2.52 bits per heavy atom. The first-order chi connectivity index (χ1) is 12.0. The van der Waals surface area contributed by atoms with Crippen LogP contribution in [0.2, 0.25) is 0 Å².